The number of fused-ring (bicyclic) bond motifs is 3. The molecule has 0 saturated heterocycles. The number of allylic oxidation sites excluding steroid dienone is 2. The molecule has 3 saturated carbocycles. The van der Waals surface area contributed by atoms with Gasteiger partial charge in [-0.3, -0.25) is 24.2 Å². The largest absolute Gasteiger partial charge is 0.496 e. The zero-order valence-corrected chi connectivity index (χ0v) is 30.6. The fourth-order valence-electron chi connectivity index (χ4n) is 8.12. The van der Waals surface area contributed by atoms with Crippen molar-refractivity contribution in [1.82, 2.24) is 19.6 Å². The summed E-state index contributed by atoms with van der Waals surface area (Å²) in [6.45, 7) is 4.56. The number of methoxy groups -OCH3 is 1. The zero-order valence-electron chi connectivity index (χ0n) is 29.8. The molecule has 3 aliphatic carbocycles. The summed E-state index contributed by atoms with van der Waals surface area (Å²) in [6, 6.07) is 11.5. The molecule has 11 nitrogen and oxygen atoms in total. The van der Waals surface area contributed by atoms with Crippen molar-refractivity contribution < 1.29 is 32.6 Å². The molecule has 0 bridgehead atoms. The molecule has 2 aromatic heterocycles. The van der Waals surface area contributed by atoms with Gasteiger partial charge in [0.05, 0.1) is 40.8 Å². The molecule has 12 heteroatoms. The molecular weight excluding hydrogens is 669 g/mol. The van der Waals surface area contributed by atoms with E-state index < -0.39 is 50.8 Å². The Hall–Kier alpha value is -3.87. The predicted molar refractivity (Wildman–Crippen MR) is 194 cm³/mol. The van der Waals surface area contributed by atoms with E-state index in [9.17, 15) is 23.1 Å². The summed E-state index contributed by atoms with van der Waals surface area (Å²) in [5, 5.41) is 12.0. The first-order valence-corrected chi connectivity index (χ1v) is 19.7. The van der Waals surface area contributed by atoms with Gasteiger partial charge in [0.25, 0.3) is 0 Å². The fraction of sp³-hybridized carbons (Fsp3) is 0.538. The molecule has 7 rings (SSSR count). The Bertz CT molecular complexity index is 1980. The molecule has 0 radical (unpaired) electrons. The predicted octanol–water partition coefficient (Wildman–Crippen LogP) is 5.26. The first-order valence-electron chi connectivity index (χ1n) is 18.1. The van der Waals surface area contributed by atoms with Gasteiger partial charge in [0.1, 0.15) is 23.5 Å². The lowest BCUT2D eigenvalue weighted by molar-refractivity contribution is -0.134. The number of aromatic nitrogens is 2. The van der Waals surface area contributed by atoms with Gasteiger partial charge in [-0.2, -0.15) is 0 Å². The normalized spacial score (nSPS) is 29.4. The second-order valence-corrected chi connectivity index (χ2v) is 17.0. The van der Waals surface area contributed by atoms with Gasteiger partial charge in [-0.15, -0.1) is 0 Å². The molecule has 4 aliphatic rings. The molecule has 1 aliphatic heterocycles. The highest BCUT2D eigenvalue weighted by Gasteiger charge is 2.61. The number of ether oxygens (including phenoxy) is 2. The van der Waals surface area contributed by atoms with Crippen LogP contribution in [0.3, 0.4) is 0 Å². The number of aliphatic hydroxyl groups excluding tert-OH is 1. The number of aryl methyl sites for hydroxylation is 2. The van der Waals surface area contributed by atoms with Crippen LogP contribution >= 0.6 is 0 Å². The number of ketones is 1. The summed E-state index contributed by atoms with van der Waals surface area (Å²) in [7, 11) is -0.269. The van der Waals surface area contributed by atoms with Gasteiger partial charge in [-0.05, 0) is 102 Å². The lowest BCUT2D eigenvalue weighted by Crippen LogP contribution is -2.43. The third-order valence-corrected chi connectivity index (χ3v) is 13.2. The Morgan fingerprint density at radius 3 is 2.61 bits per heavy atom. The van der Waals surface area contributed by atoms with E-state index in [2.05, 4.69) is 4.72 Å². The van der Waals surface area contributed by atoms with Gasteiger partial charge >= 0.3 is 0 Å². The van der Waals surface area contributed by atoms with Crippen LogP contribution in [-0.2, 0) is 19.6 Å². The van der Waals surface area contributed by atoms with Gasteiger partial charge in [0.15, 0.2) is 0 Å². The maximum absolute atomic E-state index is 14.4. The van der Waals surface area contributed by atoms with Crippen LogP contribution in [0.4, 0.5) is 0 Å². The maximum Gasteiger partial charge on any atom is 0.240 e. The molecule has 3 aromatic rings. The third-order valence-electron chi connectivity index (χ3n) is 11.4. The van der Waals surface area contributed by atoms with Crippen LogP contribution in [0.25, 0.3) is 22.3 Å². The Labute approximate surface area is 299 Å². The first-order chi connectivity index (χ1) is 24.4. The quantitative estimate of drug-likeness (QED) is 0.311. The van der Waals surface area contributed by atoms with E-state index in [1.807, 2.05) is 74.3 Å². The summed E-state index contributed by atoms with van der Waals surface area (Å²) in [6.07, 6.45) is 7.49. The van der Waals surface area contributed by atoms with Crippen LogP contribution in [0.1, 0.15) is 69.0 Å². The number of aliphatic hydroxyl groups is 1. The van der Waals surface area contributed by atoms with Crippen molar-refractivity contribution in [3.05, 3.63) is 59.8 Å². The van der Waals surface area contributed by atoms with E-state index in [0.29, 0.717) is 61.5 Å². The van der Waals surface area contributed by atoms with Crippen LogP contribution in [0.5, 0.6) is 11.5 Å². The molecular formula is C39H48N4O7S. The summed E-state index contributed by atoms with van der Waals surface area (Å²) >= 11 is 0. The highest BCUT2D eigenvalue weighted by Crippen LogP contribution is 2.58. The average molecular weight is 717 g/mol. The molecule has 0 unspecified atom stereocenters. The van der Waals surface area contributed by atoms with Crippen molar-refractivity contribution in [2.24, 2.45) is 23.2 Å². The van der Waals surface area contributed by atoms with Gasteiger partial charge in [0, 0.05) is 47.5 Å². The number of Topliss-reactive ketones (excluding diaryl/α,β-unsaturated/α-hetero) is 1. The number of carbonyl (C=O) groups is 2. The molecule has 3 fully saturated rings. The number of hydrogen-bond donors (Lipinski definition) is 2. The number of sulfonamides is 1. The van der Waals surface area contributed by atoms with Gasteiger partial charge < -0.3 is 14.6 Å². The number of carbonyl (C=O) groups excluding carboxylic acids is 2. The second-order valence-electron chi connectivity index (χ2n) is 15.0. The highest BCUT2D eigenvalue weighted by atomic mass is 32.2. The summed E-state index contributed by atoms with van der Waals surface area (Å²) in [5.41, 5.74) is 2.68. The van der Waals surface area contributed by atoms with Crippen molar-refractivity contribution in [3.63, 3.8) is 0 Å². The molecule has 272 valence electrons. The Kier molecular flexibility index (Phi) is 9.70. The number of rotatable bonds is 7. The van der Waals surface area contributed by atoms with Crippen LogP contribution in [0.15, 0.2) is 48.6 Å². The van der Waals surface area contributed by atoms with Gasteiger partial charge in [-0.1, -0.05) is 18.2 Å². The summed E-state index contributed by atoms with van der Waals surface area (Å²) in [4.78, 5) is 39.7. The number of benzene rings is 1. The number of amides is 1. The second kappa shape index (κ2) is 13.9. The molecule has 0 spiro atoms. The minimum absolute atomic E-state index is 0.0846. The van der Waals surface area contributed by atoms with E-state index in [4.69, 9.17) is 19.4 Å². The van der Waals surface area contributed by atoms with Gasteiger partial charge in [0.2, 0.25) is 15.9 Å². The van der Waals surface area contributed by atoms with Crippen LogP contribution in [0.2, 0.25) is 0 Å². The van der Waals surface area contributed by atoms with Crippen molar-refractivity contribution >= 4 is 32.6 Å². The Morgan fingerprint density at radius 1 is 1.06 bits per heavy atom. The topological polar surface area (TPSA) is 148 Å². The first kappa shape index (κ1) is 35.5. The van der Waals surface area contributed by atoms with E-state index >= 15 is 0 Å². The van der Waals surface area contributed by atoms with Crippen LogP contribution in [-0.4, -0.2) is 78.4 Å². The summed E-state index contributed by atoms with van der Waals surface area (Å²) in [5.74, 6) is -0.665. The maximum atomic E-state index is 14.4. The Balaban J connectivity index is 1.21. The van der Waals surface area contributed by atoms with E-state index in [-0.39, 0.29) is 18.1 Å². The van der Waals surface area contributed by atoms with Crippen molar-refractivity contribution in [2.75, 3.05) is 20.7 Å². The SMILES string of the molecule is COc1ccc2c(O[C@H]3C[C@H]4[C@@H](O)N(C)CCCC/C=C\[C@@H]5C[C@@]5(C(=O)NS(=O)(=O)C5CC5)CC(=O)[C@@H]4C3)cc(-c3cccc(C)n3)nc2c1C. The van der Waals surface area contributed by atoms with Crippen LogP contribution in [0, 0.1) is 37.0 Å². The number of nitrogens with zero attached hydrogens (tertiary/aromatic N) is 3. The van der Waals surface area contributed by atoms with Crippen LogP contribution < -0.4 is 14.2 Å². The monoisotopic (exact) mass is 716 g/mol. The molecule has 1 aromatic carbocycles. The smallest absolute Gasteiger partial charge is 0.240 e. The van der Waals surface area contributed by atoms with E-state index in [0.717, 1.165) is 41.4 Å². The Morgan fingerprint density at radius 2 is 1.86 bits per heavy atom. The molecule has 6 atom stereocenters. The third kappa shape index (κ3) is 7.15. The lowest BCUT2D eigenvalue weighted by Gasteiger charge is -2.32. The minimum Gasteiger partial charge on any atom is -0.496 e. The van der Waals surface area contributed by atoms with E-state index in [1.165, 1.54) is 0 Å². The average Bonchev–Trinajstić information content (AvgIpc) is 4.03. The van der Waals surface area contributed by atoms with Crippen molar-refractivity contribution in [1.29, 1.82) is 0 Å². The fourth-order valence-corrected chi connectivity index (χ4v) is 9.51. The van der Waals surface area contributed by atoms with E-state index in [1.54, 1.807) is 7.11 Å². The van der Waals surface area contributed by atoms with Gasteiger partial charge in [-0.25, -0.2) is 13.4 Å². The lowest BCUT2D eigenvalue weighted by atomic mass is 9.83. The molecule has 2 N–H and O–H groups in total. The molecule has 1 amide bonds. The standard InChI is InChI=1S/C39H48N4O7S/c1-23-10-9-12-31(40-23)32-20-35(28-15-16-34(49-4)24(2)36(28)41-32)50-26-18-29-30(19-26)37(45)43(3)17-8-6-5-7-11-25-21-39(25,22-33(29)44)38(46)42-51(47,48)27-13-14-27/h7,9-12,15-16,20,25-27,29-30,37,45H,5-6,8,13-14,17-19,21-22H2,1-4H3,(H,42,46)/b11-7-/t25-,26-,29-,30-,37-,39-/m1/s1. The number of nitrogens with one attached hydrogen (secondary N) is 1. The molecule has 3 heterocycles. The zero-order chi connectivity index (χ0) is 36.1. The number of pyridine rings is 2. The highest BCUT2D eigenvalue weighted by molar-refractivity contribution is 7.90. The minimum atomic E-state index is -3.77. The van der Waals surface area contributed by atoms with Crippen molar-refractivity contribution in [2.45, 2.75) is 89.2 Å². The summed E-state index contributed by atoms with van der Waals surface area (Å²) < 4.78 is 40.4. The number of hydrogen-bond acceptors (Lipinski definition) is 10. The van der Waals surface area contributed by atoms with Crippen molar-refractivity contribution in [3.8, 4) is 22.9 Å². The molecule has 51 heavy (non-hydrogen) atoms.